The Hall–Kier alpha value is -2.27. The van der Waals surface area contributed by atoms with Gasteiger partial charge in [0, 0.05) is 30.6 Å². The van der Waals surface area contributed by atoms with Crippen LogP contribution in [0.15, 0.2) is 18.2 Å². The number of amides is 1. The molecule has 28 heavy (non-hydrogen) atoms. The number of halogens is 1. The number of nitrogens with zero attached hydrogens (tertiary/aromatic N) is 1. The number of carbonyl (C=O) groups excluding carboxylic acids is 1. The molecule has 5 nitrogen and oxygen atoms in total. The summed E-state index contributed by atoms with van der Waals surface area (Å²) in [5, 5.41) is 16.1. The zero-order chi connectivity index (χ0) is 21.0. The van der Waals surface area contributed by atoms with Gasteiger partial charge in [-0.25, -0.2) is 0 Å². The van der Waals surface area contributed by atoms with Gasteiger partial charge in [0.2, 0.25) is 5.69 Å². The molecular weight excluding hydrogens is 376 g/mol. The summed E-state index contributed by atoms with van der Waals surface area (Å²) < 4.78 is 6.64. The Bertz CT molecular complexity index is 854. The largest absolute Gasteiger partial charge is 0.618 e. The molecule has 152 valence electrons. The van der Waals surface area contributed by atoms with Gasteiger partial charge in [0.1, 0.15) is 11.3 Å². The molecule has 1 N–H and O–H groups in total. The summed E-state index contributed by atoms with van der Waals surface area (Å²) in [7, 11) is 0. The molecule has 0 bridgehead atoms. The van der Waals surface area contributed by atoms with Crippen LogP contribution in [0.4, 0.5) is 5.69 Å². The third-order valence-corrected chi connectivity index (χ3v) is 4.86. The van der Waals surface area contributed by atoms with Crippen molar-refractivity contribution in [3.05, 3.63) is 56.5 Å². The smallest absolute Gasteiger partial charge is 0.265 e. The predicted octanol–water partition coefficient (Wildman–Crippen LogP) is 5.00. The SMILES string of the molecule is CCc1cc(Cl)cc(CC)c1NC(=O)c1c(OCC(C)C)cc(C)[n+]([O-])c1C. The normalized spacial score (nSPS) is 11.0. The van der Waals surface area contributed by atoms with Crippen molar-refractivity contribution in [2.75, 3.05) is 11.9 Å². The van der Waals surface area contributed by atoms with E-state index in [2.05, 4.69) is 5.32 Å². The topological polar surface area (TPSA) is 65.3 Å². The van der Waals surface area contributed by atoms with Gasteiger partial charge in [-0.1, -0.05) is 39.3 Å². The first kappa shape index (κ1) is 22.0. The van der Waals surface area contributed by atoms with Crippen LogP contribution in [-0.4, -0.2) is 12.5 Å². The van der Waals surface area contributed by atoms with Crippen molar-refractivity contribution in [1.29, 1.82) is 0 Å². The molecule has 0 aliphatic heterocycles. The van der Waals surface area contributed by atoms with Crippen molar-refractivity contribution >= 4 is 23.2 Å². The van der Waals surface area contributed by atoms with E-state index in [0.29, 0.717) is 34.7 Å². The van der Waals surface area contributed by atoms with Gasteiger partial charge in [-0.3, -0.25) is 4.79 Å². The highest BCUT2D eigenvalue weighted by molar-refractivity contribution is 6.30. The summed E-state index contributed by atoms with van der Waals surface area (Å²) in [6, 6.07) is 5.35. The molecule has 0 fully saturated rings. The number of aromatic nitrogens is 1. The van der Waals surface area contributed by atoms with Crippen molar-refractivity contribution in [1.82, 2.24) is 0 Å². The van der Waals surface area contributed by atoms with Crippen molar-refractivity contribution in [3.63, 3.8) is 0 Å². The Morgan fingerprint density at radius 2 is 1.75 bits per heavy atom. The van der Waals surface area contributed by atoms with Gasteiger partial charge >= 0.3 is 0 Å². The summed E-state index contributed by atoms with van der Waals surface area (Å²) in [5.74, 6) is 0.372. The fourth-order valence-corrected chi connectivity index (χ4v) is 3.39. The van der Waals surface area contributed by atoms with Gasteiger partial charge in [-0.15, -0.1) is 0 Å². The molecule has 0 saturated carbocycles. The molecule has 0 aliphatic carbocycles. The van der Waals surface area contributed by atoms with Gasteiger partial charge in [0.05, 0.1) is 6.61 Å². The zero-order valence-electron chi connectivity index (χ0n) is 17.5. The van der Waals surface area contributed by atoms with Crippen LogP contribution in [0.1, 0.15) is 60.6 Å². The number of hydrogen-bond acceptors (Lipinski definition) is 3. The number of benzene rings is 1. The Balaban J connectivity index is 2.51. The molecule has 0 radical (unpaired) electrons. The molecule has 0 saturated heterocycles. The van der Waals surface area contributed by atoms with E-state index in [9.17, 15) is 10.0 Å². The summed E-state index contributed by atoms with van der Waals surface area (Å²) in [5.41, 5.74) is 3.75. The summed E-state index contributed by atoms with van der Waals surface area (Å²) in [6.45, 7) is 11.9. The van der Waals surface area contributed by atoms with Crippen LogP contribution in [0.2, 0.25) is 5.02 Å². The summed E-state index contributed by atoms with van der Waals surface area (Å²) in [6.07, 6.45) is 1.46. The van der Waals surface area contributed by atoms with Crippen LogP contribution >= 0.6 is 11.6 Å². The fourth-order valence-electron chi connectivity index (χ4n) is 3.13. The standard InChI is InChI=1S/C22H29ClN2O3/c1-7-16-10-18(23)11-17(8-2)21(16)24-22(26)20-15(6)25(27)14(5)9-19(20)28-12-13(3)4/h9-11,13H,7-8,12H2,1-6H3,(H,24,26). The van der Waals surface area contributed by atoms with Crippen LogP contribution in [0, 0.1) is 25.0 Å². The minimum atomic E-state index is -0.354. The second-order valence-electron chi connectivity index (χ2n) is 7.37. The highest BCUT2D eigenvalue weighted by Crippen LogP contribution is 2.29. The third-order valence-electron chi connectivity index (χ3n) is 4.64. The average molecular weight is 405 g/mol. The lowest BCUT2D eigenvalue weighted by atomic mass is 10.0. The molecule has 2 rings (SSSR count). The summed E-state index contributed by atoms with van der Waals surface area (Å²) >= 11 is 6.22. The van der Waals surface area contributed by atoms with Crippen LogP contribution < -0.4 is 14.8 Å². The lowest BCUT2D eigenvalue weighted by Crippen LogP contribution is -2.37. The first-order valence-corrected chi connectivity index (χ1v) is 10.1. The molecule has 0 aliphatic rings. The van der Waals surface area contributed by atoms with Crippen molar-refractivity contribution in [2.45, 2.75) is 54.4 Å². The number of anilines is 1. The highest BCUT2D eigenvalue weighted by atomic mass is 35.5. The molecule has 1 aromatic heterocycles. The lowest BCUT2D eigenvalue weighted by Gasteiger charge is -2.18. The Morgan fingerprint density at radius 1 is 1.18 bits per heavy atom. The Kier molecular flexibility index (Phi) is 7.30. The average Bonchev–Trinajstić information content (AvgIpc) is 2.64. The molecule has 0 unspecified atom stereocenters. The van der Waals surface area contributed by atoms with Crippen LogP contribution in [0.25, 0.3) is 0 Å². The molecule has 0 spiro atoms. The van der Waals surface area contributed by atoms with Gasteiger partial charge in [0.15, 0.2) is 5.69 Å². The number of carbonyl (C=O) groups is 1. The molecular formula is C22H29ClN2O3. The highest BCUT2D eigenvalue weighted by Gasteiger charge is 2.25. The Morgan fingerprint density at radius 3 is 2.25 bits per heavy atom. The molecule has 2 aromatic rings. The number of hydrogen-bond donors (Lipinski definition) is 1. The molecule has 1 amide bonds. The number of ether oxygens (including phenoxy) is 1. The maximum absolute atomic E-state index is 13.2. The maximum Gasteiger partial charge on any atom is 0.265 e. The minimum Gasteiger partial charge on any atom is -0.618 e. The second kappa shape index (κ2) is 9.28. The van der Waals surface area contributed by atoms with E-state index in [1.54, 1.807) is 19.9 Å². The Labute approximate surface area is 172 Å². The number of pyridine rings is 1. The molecule has 1 heterocycles. The van der Waals surface area contributed by atoms with Gasteiger partial charge in [0.25, 0.3) is 5.91 Å². The second-order valence-corrected chi connectivity index (χ2v) is 7.81. The maximum atomic E-state index is 13.2. The van der Waals surface area contributed by atoms with Crippen LogP contribution in [0.3, 0.4) is 0 Å². The molecule has 6 heteroatoms. The zero-order valence-corrected chi connectivity index (χ0v) is 18.2. The number of rotatable bonds is 7. The lowest BCUT2D eigenvalue weighted by molar-refractivity contribution is -0.619. The van der Waals surface area contributed by atoms with Crippen molar-refractivity contribution < 1.29 is 14.3 Å². The first-order chi connectivity index (χ1) is 13.2. The molecule has 0 atom stereocenters. The fraction of sp³-hybridized carbons (Fsp3) is 0.455. The van der Waals surface area contributed by atoms with E-state index in [0.717, 1.165) is 34.4 Å². The van der Waals surface area contributed by atoms with Crippen molar-refractivity contribution in [2.24, 2.45) is 5.92 Å². The predicted molar refractivity (Wildman–Crippen MR) is 113 cm³/mol. The van der Waals surface area contributed by atoms with Crippen LogP contribution in [-0.2, 0) is 12.8 Å². The monoisotopic (exact) mass is 404 g/mol. The van der Waals surface area contributed by atoms with E-state index in [4.69, 9.17) is 16.3 Å². The van der Waals surface area contributed by atoms with E-state index < -0.39 is 0 Å². The van der Waals surface area contributed by atoms with E-state index in [-0.39, 0.29) is 11.5 Å². The van der Waals surface area contributed by atoms with E-state index >= 15 is 0 Å². The summed E-state index contributed by atoms with van der Waals surface area (Å²) in [4.78, 5) is 13.2. The quantitative estimate of drug-likeness (QED) is 0.521. The minimum absolute atomic E-state index is 0.264. The van der Waals surface area contributed by atoms with E-state index in [1.165, 1.54) is 0 Å². The van der Waals surface area contributed by atoms with Crippen LogP contribution in [0.5, 0.6) is 5.75 Å². The number of nitrogens with one attached hydrogen (secondary N) is 1. The van der Waals surface area contributed by atoms with Gasteiger partial charge in [-0.2, -0.15) is 4.73 Å². The van der Waals surface area contributed by atoms with Gasteiger partial charge in [-0.05, 0) is 42.0 Å². The molecule has 1 aromatic carbocycles. The first-order valence-electron chi connectivity index (χ1n) is 9.68. The van der Waals surface area contributed by atoms with E-state index in [1.807, 2.05) is 39.8 Å². The van der Waals surface area contributed by atoms with Gasteiger partial charge < -0.3 is 15.3 Å². The number of aryl methyl sites for hydroxylation is 3. The third kappa shape index (κ3) is 4.76. The van der Waals surface area contributed by atoms with Crippen molar-refractivity contribution in [3.8, 4) is 5.75 Å².